The Hall–Kier alpha value is -2.41. The van der Waals surface area contributed by atoms with Gasteiger partial charge in [-0.25, -0.2) is 0 Å². The molecule has 0 saturated heterocycles. The number of halogens is 1. The molecular weight excluding hydrogens is 471 g/mol. The second-order valence-corrected chi connectivity index (χ2v) is 6.79. The highest BCUT2D eigenvalue weighted by molar-refractivity contribution is 14.0. The van der Waals surface area contributed by atoms with Gasteiger partial charge in [-0.3, -0.25) is 9.98 Å². The summed E-state index contributed by atoms with van der Waals surface area (Å²) in [5, 5.41) is 6.90. The van der Waals surface area contributed by atoms with Crippen LogP contribution in [0.25, 0.3) is 0 Å². The van der Waals surface area contributed by atoms with Gasteiger partial charge in [0.05, 0.1) is 0 Å². The molecule has 0 aliphatic heterocycles. The molecule has 4 nitrogen and oxygen atoms in total. The number of aliphatic imine (C=N–C) groups is 1. The van der Waals surface area contributed by atoms with Crippen molar-refractivity contribution in [3.05, 3.63) is 102 Å². The van der Waals surface area contributed by atoms with Gasteiger partial charge in [-0.05, 0) is 35.6 Å². The minimum atomic E-state index is 0. The highest BCUT2D eigenvalue weighted by atomic mass is 127. The van der Waals surface area contributed by atoms with Gasteiger partial charge in [0.1, 0.15) is 0 Å². The van der Waals surface area contributed by atoms with Crippen LogP contribution in [0.5, 0.6) is 0 Å². The van der Waals surface area contributed by atoms with E-state index in [9.17, 15) is 0 Å². The minimum absolute atomic E-state index is 0. The number of benzene rings is 2. The second kappa shape index (κ2) is 12.9. The monoisotopic (exact) mass is 500 g/mol. The zero-order valence-corrected chi connectivity index (χ0v) is 19.1. The van der Waals surface area contributed by atoms with Crippen molar-refractivity contribution in [2.45, 2.75) is 18.8 Å². The minimum Gasteiger partial charge on any atom is -0.356 e. The van der Waals surface area contributed by atoms with E-state index in [0.717, 1.165) is 31.9 Å². The van der Waals surface area contributed by atoms with Gasteiger partial charge in [-0.2, -0.15) is 0 Å². The van der Waals surface area contributed by atoms with Gasteiger partial charge in [0.15, 0.2) is 5.96 Å². The number of hydrogen-bond acceptors (Lipinski definition) is 2. The quantitative estimate of drug-likeness (QED) is 0.273. The van der Waals surface area contributed by atoms with Crippen molar-refractivity contribution in [3.63, 3.8) is 0 Å². The SMILES string of the molecule is CN=C(NCCc1cccnc1)NCC(Cc1ccccc1)c1ccccc1.I. The van der Waals surface area contributed by atoms with E-state index in [1.165, 1.54) is 16.7 Å². The fraction of sp³-hybridized carbons (Fsp3) is 0.250. The van der Waals surface area contributed by atoms with E-state index in [-0.39, 0.29) is 24.0 Å². The Morgan fingerprint density at radius 1 is 0.897 bits per heavy atom. The van der Waals surface area contributed by atoms with E-state index < -0.39 is 0 Å². The number of aromatic nitrogens is 1. The van der Waals surface area contributed by atoms with Crippen LogP contribution < -0.4 is 10.6 Å². The molecular formula is C24H29IN4. The molecule has 1 aromatic heterocycles. The lowest BCUT2D eigenvalue weighted by molar-refractivity contribution is 0.644. The van der Waals surface area contributed by atoms with Crippen LogP contribution in [0.2, 0.25) is 0 Å². The maximum Gasteiger partial charge on any atom is 0.191 e. The summed E-state index contributed by atoms with van der Waals surface area (Å²) in [5.41, 5.74) is 3.90. The summed E-state index contributed by atoms with van der Waals surface area (Å²) in [6.07, 6.45) is 5.61. The lowest BCUT2D eigenvalue weighted by Crippen LogP contribution is -2.40. The Kier molecular flexibility index (Phi) is 10.2. The third-order valence-corrected chi connectivity index (χ3v) is 4.76. The van der Waals surface area contributed by atoms with E-state index >= 15 is 0 Å². The van der Waals surface area contributed by atoms with Crippen molar-refractivity contribution < 1.29 is 0 Å². The van der Waals surface area contributed by atoms with Crippen molar-refractivity contribution in [2.24, 2.45) is 4.99 Å². The van der Waals surface area contributed by atoms with Crippen LogP contribution in [-0.2, 0) is 12.8 Å². The number of nitrogens with zero attached hydrogens (tertiary/aromatic N) is 2. The van der Waals surface area contributed by atoms with E-state index in [1.807, 2.05) is 19.3 Å². The van der Waals surface area contributed by atoms with Gasteiger partial charge in [0, 0.05) is 38.4 Å². The van der Waals surface area contributed by atoms with E-state index in [0.29, 0.717) is 5.92 Å². The molecule has 0 fully saturated rings. The third kappa shape index (κ3) is 7.85. The summed E-state index contributed by atoms with van der Waals surface area (Å²) in [6.45, 7) is 1.64. The van der Waals surface area contributed by atoms with Gasteiger partial charge in [-0.15, -0.1) is 24.0 Å². The Balaban J connectivity index is 0.00000300. The molecule has 0 spiro atoms. The van der Waals surface area contributed by atoms with Crippen LogP contribution in [0.1, 0.15) is 22.6 Å². The molecule has 0 amide bonds. The third-order valence-electron chi connectivity index (χ3n) is 4.76. The highest BCUT2D eigenvalue weighted by Crippen LogP contribution is 2.20. The molecule has 1 unspecified atom stereocenters. The highest BCUT2D eigenvalue weighted by Gasteiger charge is 2.13. The Bertz CT molecular complexity index is 839. The smallest absolute Gasteiger partial charge is 0.191 e. The van der Waals surface area contributed by atoms with Crippen molar-refractivity contribution in [1.29, 1.82) is 0 Å². The standard InChI is InChI=1S/C24H28N4.HI/c1-25-24(27-16-14-21-11-8-15-26-18-21)28-19-23(22-12-6-3-7-13-22)17-20-9-4-2-5-10-20;/h2-13,15,18,23H,14,16-17,19H2,1H3,(H2,25,27,28);1H. The molecule has 5 heteroatoms. The van der Waals surface area contributed by atoms with E-state index in [1.54, 1.807) is 6.20 Å². The van der Waals surface area contributed by atoms with Crippen molar-refractivity contribution >= 4 is 29.9 Å². The first-order valence-corrected chi connectivity index (χ1v) is 9.77. The summed E-state index contributed by atoms with van der Waals surface area (Å²) in [7, 11) is 1.81. The van der Waals surface area contributed by atoms with Crippen LogP contribution in [0.15, 0.2) is 90.2 Å². The summed E-state index contributed by atoms with van der Waals surface area (Å²) in [4.78, 5) is 8.53. The molecule has 0 aliphatic rings. The molecule has 1 heterocycles. The van der Waals surface area contributed by atoms with Crippen molar-refractivity contribution in [1.82, 2.24) is 15.6 Å². The summed E-state index contributed by atoms with van der Waals surface area (Å²) in [6, 6.07) is 25.4. The largest absolute Gasteiger partial charge is 0.356 e. The molecule has 0 aliphatic carbocycles. The second-order valence-electron chi connectivity index (χ2n) is 6.79. The zero-order valence-electron chi connectivity index (χ0n) is 16.8. The van der Waals surface area contributed by atoms with Gasteiger partial charge < -0.3 is 10.6 Å². The van der Waals surface area contributed by atoms with E-state index in [2.05, 4.69) is 87.3 Å². The Morgan fingerprint density at radius 3 is 2.24 bits per heavy atom. The maximum atomic E-state index is 4.37. The number of guanidine groups is 1. The van der Waals surface area contributed by atoms with E-state index in [4.69, 9.17) is 0 Å². The first-order valence-electron chi connectivity index (χ1n) is 9.77. The van der Waals surface area contributed by atoms with Crippen molar-refractivity contribution in [3.8, 4) is 0 Å². The maximum absolute atomic E-state index is 4.37. The van der Waals surface area contributed by atoms with Crippen LogP contribution >= 0.6 is 24.0 Å². The molecule has 3 aromatic rings. The number of nitrogens with one attached hydrogen (secondary N) is 2. The van der Waals surface area contributed by atoms with Crippen LogP contribution in [-0.4, -0.2) is 31.1 Å². The number of pyridine rings is 1. The number of hydrogen-bond donors (Lipinski definition) is 2. The lowest BCUT2D eigenvalue weighted by atomic mass is 9.92. The molecule has 1 atom stereocenters. The lowest BCUT2D eigenvalue weighted by Gasteiger charge is -2.20. The zero-order chi connectivity index (χ0) is 19.4. The average Bonchev–Trinajstić information content (AvgIpc) is 2.77. The van der Waals surface area contributed by atoms with Gasteiger partial charge in [-0.1, -0.05) is 66.7 Å². The fourth-order valence-electron chi connectivity index (χ4n) is 3.24. The van der Waals surface area contributed by atoms with Gasteiger partial charge in [0.2, 0.25) is 0 Å². The average molecular weight is 500 g/mol. The summed E-state index contributed by atoms with van der Waals surface area (Å²) in [5.74, 6) is 1.21. The molecule has 29 heavy (non-hydrogen) atoms. The van der Waals surface area contributed by atoms with Crippen LogP contribution in [0, 0.1) is 0 Å². The summed E-state index contributed by atoms with van der Waals surface area (Å²) >= 11 is 0. The first-order chi connectivity index (χ1) is 13.8. The molecule has 2 aromatic carbocycles. The fourth-order valence-corrected chi connectivity index (χ4v) is 3.24. The van der Waals surface area contributed by atoms with Gasteiger partial charge in [0.25, 0.3) is 0 Å². The topological polar surface area (TPSA) is 49.3 Å². The molecule has 152 valence electrons. The normalized spacial score (nSPS) is 12.0. The first kappa shape index (κ1) is 22.9. The Morgan fingerprint density at radius 2 is 1.59 bits per heavy atom. The predicted octanol–water partition coefficient (Wildman–Crippen LogP) is 4.43. The molecule has 0 bridgehead atoms. The van der Waals surface area contributed by atoms with Gasteiger partial charge >= 0.3 is 0 Å². The Labute approximate surface area is 190 Å². The molecule has 0 radical (unpaired) electrons. The molecule has 2 N–H and O–H groups in total. The van der Waals surface area contributed by atoms with Crippen LogP contribution in [0.4, 0.5) is 0 Å². The molecule has 3 rings (SSSR count). The molecule has 0 saturated carbocycles. The van der Waals surface area contributed by atoms with Crippen molar-refractivity contribution in [2.75, 3.05) is 20.1 Å². The number of rotatable bonds is 8. The predicted molar refractivity (Wildman–Crippen MR) is 132 cm³/mol. The van der Waals surface area contributed by atoms with Crippen LogP contribution in [0.3, 0.4) is 0 Å². The summed E-state index contributed by atoms with van der Waals surface area (Å²) < 4.78 is 0.